The van der Waals surface area contributed by atoms with Crippen LogP contribution in [0.4, 0.5) is 9.59 Å². The van der Waals surface area contributed by atoms with Crippen molar-refractivity contribution in [2.45, 2.75) is 81.8 Å². The van der Waals surface area contributed by atoms with Crippen molar-refractivity contribution >= 4 is 12.2 Å². The van der Waals surface area contributed by atoms with Gasteiger partial charge in [0.15, 0.2) is 0 Å². The molecule has 0 aromatic rings. The van der Waals surface area contributed by atoms with Crippen LogP contribution in [-0.2, 0) is 9.47 Å². The van der Waals surface area contributed by atoms with Crippen LogP contribution in [0.5, 0.6) is 0 Å². The third kappa shape index (κ3) is 4.25. The molecule has 0 aromatic heterocycles. The number of rotatable bonds is 4. The molecule has 0 heterocycles. The van der Waals surface area contributed by atoms with E-state index in [0.29, 0.717) is 6.42 Å². The summed E-state index contributed by atoms with van der Waals surface area (Å²) in [6, 6.07) is 0. The predicted octanol–water partition coefficient (Wildman–Crippen LogP) is 2.97. The van der Waals surface area contributed by atoms with Crippen molar-refractivity contribution in [2.75, 3.05) is 0 Å². The van der Waals surface area contributed by atoms with Gasteiger partial charge >= 0.3 is 12.2 Å². The molecule has 6 heteroatoms. The van der Waals surface area contributed by atoms with E-state index < -0.39 is 23.4 Å². The quantitative estimate of drug-likeness (QED) is 0.832. The second-order valence-electron chi connectivity index (χ2n) is 6.51. The average molecular weight is 298 g/mol. The van der Waals surface area contributed by atoms with Crippen molar-refractivity contribution in [1.29, 1.82) is 0 Å². The lowest BCUT2D eigenvalue weighted by Crippen LogP contribution is -2.50. The molecule has 2 aliphatic rings. The van der Waals surface area contributed by atoms with E-state index in [9.17, 15) is 9.59 Å². The third-order valence-corrected chi connectivity index (χ3v) is 4.81. The van der Waals surface area contributed by atoms with E-state index in [0.717, 1.165) is 64.2 Å². The zero-order valence-electron chi connectivity index (χ0n) is 12.6. The molecule has 2 fully saturated rings. The van der Waals surface area contributed by atoms with Crippen LogP contribution in [0.25, 0.3) is 0 Å². The fourth-order valence-corrected chi connectivity index (χ4v) is 4.04. The van der Waals surface area contributed by atoms with Gasteiger partial charge in [-0.15, -0.1) is 0 Å². The van der Waals surface area contributed by atoms with E-state index in [4.69, 9.17) is 20.9 Å². The fraction of sp³-hybridized carbons (Fsp3) is 0.867. The highest BCUT2D eigenvalue weighted by Gasteiger charge is 2.47. The Morgan fingerprint density at radius 1 is 0.714 bits per heavy atom. The van der Waals surface area contributed by atoms with Gasteiger partial charge in [0.05, 0.1) is 0 Å². The van der Waals surface area contributed by atoms with E-state index in [2.05, 4.69) is 0 Å². The molecule has 0 spiro atoms. The summed E-state index contributed by atoms with van der Waals surface area (Å²) in [7, 11) is 0. The highest BCUT2D eigenvalue weighted by molar-refractivity contribution is 5.66. The number of amides is 2. The molecule has 0 radical (unpaired) electrons. The van der Waals surface area contributed by atoms with Crippen LogP contribution in [0, 0.1) is 0 Å². The van der Waals surface area contributed by atoms with Gasteiger partial charge in [-0.25, -0.2) is 9.59 Å². The maximum absolute atomic E-state index is 11.3. The van der Waals surface area contributed by atoms with Crippen molar-refractivity contribution in [3.05, 3.63) is 0 Å². The largest absolute Gasteiger partial charge is 0.443 e. The summed E-state index contributed by atoms with van der Waals surface area (Å²) >= 11 is 0. The summed E-state index contributed by atoms with van der Waals surface area (Å²) in [5.41, 5.74) is 9.33. The van der Waals surface area contributed by atoms with Gasteiger partial charge in [-0.2, -0.15) is 0 Å². The first-order valence-corrected chi connectivity index (χ1v) is 7.92. The first-order valence-electron chi connectivity index (χ1n) is 7.92. The first-order chi connectivity index (χ1) is 9.95. The van der Waals surface area contributed by atoms with Crippen molar-refractivity contribution in [1.82, 2.24) is 0 Å². The fourth-order valence-electron chi connectivity index (χ4n) is 4.04. The lowest BCUT2D eigenvalue weighted by Gasteiger charge is -2.45. The van der Waals surface area contributed by atoms with E-state index in [1.807, 2.05) is 0 Å². The van der Waals surface area contributed by atoms with Crippen molar-refractivity contribution < 1.29 is 19.1 Å². The summed E-state index contributed by atoms with van der Waals surface area (Å²) in [4.78, 5) is 22.6. The Morgan fingerprint density at radius 2 is 1.05 bits per heavy atom. The molecule has 6 nitrogen and oxygen atoms in total. The molecule has 2 saturated carbocycles. The Morgan fingerprint density at radius 3 is 1.33 bits per heavy atom. The van der Waals surface area contributed by atoms with Gasteiger partial charge in [0.1, 0.15) is 11.2 Å². The van der Waals surface area contributed by atoms with Crippen molar-refractivity contribution in [3.8, 4) is 0 Å². The molecule has 2 rings (SSSR count). The number of carbonyl (C=O) groups is 2. The Hall–Kier alpha value is -1.46. The predicted molar refractivity (Wildman–Crippen MR) is 77.6 cm³/mol. The van der Waals surface area contributed by atoms with Crippen molar-refractivity contribution in [2.24, 2.45) is 11.5 Å². The van der Waals surface area contributed by atoms with Gasteiger partial charge in [-0.1, -0.05) is 12.8 Å². The minimum atomic E-state index is -0.748. The van der Waals surface area contributed by atoms with Gasteiger partial charge in [0.25, 0.3) is 0 Å². The molecule has 0 saturated heterocycles. The topological polar surface area (TPSA) is 105 Å². The highest BCUT2D eigenvalue weighted by Crippen LogP contribution is 2.44. The molecule has 21 heavy (non-hydrogen) atoms. The van der Waals surface area contributed by atoms with E-state index >= 15 is 0 Å². The van der Waals surface area contributed by atoms with Crippen LogP contribution in [0.2, 0.25) is 0 Å². The number of nitrogens with two attached hydrogens (primary N) is 2. The molecule has 0 aromatic carbocycles. The summed E-state index contributed by atoms with van der Waals surface area (Å²) in [6.07, 6.45) is 8.40. The number of ether oxygens (including phenoxy) is 2. The van der Waals surface area contributed by atoms with E-state index in [1.54, 1.807) is 0 Å². The summed E-state index contributed by atoms with van der Waals surface area (Å²) < 4.78 is 11.0. The number of hydrogen-bond donors (Lipinski definition) is 2. The SMILES string of the molecule is NC(=O)OC1(CC2(OC(N)=O)CCCCC2)CCCCC1. The van der Waals surface area contributed by atoms with Gasteiger partial charge in [-0.3, -0.25) is 0 Å². The van der Waals surface area contributed by atoms with Crippen LogP contribution < -0.4 is 11.5 Å². The molecule has 0 aliphatic heterocycles. The number of hydrogen-bond acceptors (Lipinski definition) is 4. The molecule has 2 aliphatic carbocycles. The molecule has 120 valence electrons. The molecular formula is C15H26N2O4. The Kier molecular flexibility index (Phi) is 4.96. The lowest BCUT2D eigenvalue weighted by molar-refractivity contribution is -0.0994. The molecular weight excluding hydrogens is 272 g/mol. The van der Waals surface area contributed by atoms with Gasteiger partial charge in [0.2, 0.25) is 0 Å². The van der Waals surface area contributed by atoms with E-state index in [1.165, 1.54) is 0 Å². The normalized spacial score (nSPS) is 24.0. The lowest BCUT2D eigenvalue weighted by atomic mass is 9.72. The first kappa shape index (κ1) is 15.9. The third-order valence-electron chi connectivity index (χ3n) is 4.81. The second-order valence-corrected chi connectivity index (χ2v) is 6.51. The Bertz CT molecular complexity index is 349. The zero-order valence-corrected chi connectivity index (χ0v) is 12.6. The van der Waals surface area contributed by atoms with Crippen molar-refractivity contribution in [3.63, 3.8) is 0 Å². The van der Waals surface area contributed by atoms with Crippen LogP contribution in [-0.4, -0.2) is 23.4 Å². The Balaban J connectivity index is 2.17. The number of carbonyl (C=O) groups excluding carboxylic acids is 2. The van der Waals surface area contributed by atoms with E-state index in [-0.39, 0.29) is 0 Å². The smallest absolute Gasteiger partial charge is 0.405 e. The summed E-state index contributed by atoms with van der Waals surface area (Å²) in [5, 5.41) is 0. The van der Waals surface area contributed by atoms with Crippen LogP contribution in [0.15, 0.2) is 0 Å². The minimum absolute atomic E-state index is 0.520. The molecule has 0 unspecified atom stereocenters. The van der Waals surface area contributed by atoms with Crippen LogP contribution in [0.3, 0.4) is 0 Å². The molecule has 2 amide bonds. The monoisotopic (exact) mass is 298 g/mol. The standard InChI is InChI=1S/C15H26N2O4/c16-12(18)20-14(7-3-1-4-8-14)11-15(21-13(17)19)9-5-2-6-10-15/h1-11H2,(H2,16,18)(H2,17,19). The minimum Gasteiger partial charge on any atom is -0.443 e. The highest BCUT2D eigenvalue weighted by atomic mass is 16.6. The van der Waals surface area contributed by atoms with Gasteiger partial charge in [0, 0.05) is 6.42 Å². The summed E-state index contributed by atoms with van der Waals surface area (Å²) in [5.74, 6) is 0. The van der Waals surface area contributed by atoms with Crippen LogP contribution >= 0.6 is 0 Å². The molecule has 0 bridgehead atoms. The zero-order chi connectivity index (χ0) is 15.3. The summed E-state index contributed by atoms with van der Waals surface area (Å²) in [6.45, 7) is 0. The molecule has 4 N–H and O–H groups in total. The van der Waals surface area contributed by atoms with Crippen LogP contribution in [0.1, 0.15) is 70.6 Å². The Labute approximate surface area is 125 Å². The average Bonchev–Trinajstić information content (AvgIpc) is 2.38. The number of primary amides is 2. The molecule has 0 atom stereocenters. The van der Waals surface area contributed by atoms with Gasteiger partial charge < -0.3 is 20.9 Å². The maximum atomic E-state index is 11.3. The van der Waals surface area contributed by atoms with Gasteiger partial charge in [-0.05, 0) is 51.4 Å². The maximum Gasteiger partial charge on any atom is 0.405 e. The second kappa shape index (κ2) is 6.54.